The SMILES string of the molecule is Cc1cccc2c1CCC(=NO)C2(O)C(F)(F)F. The third-order valence-corrected chi connectivity index (χ3v) is 3.36. The van der Waals surface area contributed by atoms with Crippen LogP contribution in [0.4, 0.5) is 13.2 Å². The van der Waals surface area contributed by atoms with Crippen molar-refractivity contribution in [3.63, 3.8) is 0 Å². The molecule has 0 aliphatic heterocycles. The fourth-order valence-electron chi connectivity index (χ4n) is 2.39. The van der Waals surface area contributed by atoms with Crippen molar-refractivity contribution in [1.29, 1.82) is 0 Å². The van der Waals surface area contributed by atoms with Crippen LogP contribution in [0.3, 0.4) is 0 Å². The number of hydrogen-bond donors (Lipinski definition) is 2. The maximum Gasteiger partial charge on any atom is 0.427 e. The summed E-state index contributed by atoms with van der Waals surface area (Å²) in [6, 6.07) is 4.36. The Morgan fingerprint density at radius 3 is 2.50 bits per heavy atom. The lowest BCUT2D eigenvalue weighted by atomic mass is 9.75. The van der Waals surface area contributed by atoms with E-state index in [0.717, 1.165) is 0 Å². The number of halogens is 3. The van der Waals surface area contributed by atoms with Gasteiger partial charge < -0.3 is 10.3 Å². The molecule has 0 saturated heterocycles. The van der Waals surface area contributed by atoms with Crippen LogP contribution < -0.4 is 0 Å². The number of fused-ring (bicyclic) bond motifs is 1. The van der Waals surface area contributed by atoms with Crippen molar-refractivity contribution in [2.24, 2.45) is 5.16 Å². The zero-order valence-electron chi connectivity index (χ0n) is 9.62. The highest BCUT2D eigenvalue weighted by atomic mass is 19.4. The molecule has 98 valence electrons. The highest BCUT2D eigenvalue weighted by molar-refractivity contribution is 5.95. The first kappa shape index (κ1) is 12.9. The Morgan fingerprint density at radius 1 is 1.28 bits per heavy atom. The first-order valence-electron chi connectivity index (χ1n) is 5.42. The maximum atomic E-state index is 13.1. The van der Waals surface area contributed by atoms with Crippen LogP contribution in [-0.4, -0.2) is 22.2 Å². The number of aryl methyl sites for hydroxylation is 1. The number of oxime groups is 1. The second-order valence-electron chi connectivity index (χ2n) is 4.36. The monoisotopic (exact) mass is 259 g/mol. The van der Waals surface area contributed by atoms with Gasteiger partial charge in [-0.25, -0.2) is 0 Å². The van der Waals surface area contributed by atoms with Gasteiger partial charge in [0.2, 0.25) is 5.60 Å². The maximum absolute atomic E-state index is 13.1. The van der Waals surface area contributed by atoms with E-state index >= 15 is 0 Å². The Balaban J connectivity index is 2.74. The van der Waals surface area contributed by atoms with Crippen LogP contribution in [0.1, 0.15) is 23.1 Å². The van der Waals surface area contributed by atoms with Gasteiger partial charge in [0.1, 0.15) is 5.71 Å². The number of alkyl halides is 3. The number of aliphatic hydroxyl groups is 1. The summed E-state index contributed by atoms with van der Waals surface area (Å²) < 4.78 is 39.4. The molecule has 1 aromatic rings. The lowest BCUT2D eigenvalue weighted by Gasteiger charge is -2.36. The van der Waals surface area contributed by atoms with E-state index in [0.29, 0.717) is 17.5 Å². The number of benzene rings is 1. The predicted octanol–water partition coefficient (Wildman–Crippen LogP) is 2.52. The Hall–Kier alpha value is -1.56. The number of hydrogen-bond acceptors (Lipinski definition) is 3. The molecule has 1 aliphatic carbocycles. The average molecular weight is 259 g/mol. The Kier molecular flexibility index (Phi) is 2.85. The largest absolute Gasteiger partial charge is 0.427 e. The molecule has 2 N–H and O–H groups in total. The molecule has 0 heterocycles. The van der Waals surface area contributed by atoms with Gasteiger partial charge in [-0.3, -0.25) is 0 Å². The predicted molar refractivity (Wildman–Crippen MR) is 58.7 cm³/mol. The summed E-state index contributed by atoms with van der Waals surface area (Å²) in [5.41, 5.74) is -2.94. The van der Waals surface area contributed by atoms with Gasteiger partial charge in [-0.1, -0.05) is 23.4 Å². The van der Waals surface area contributed by atoms with Crippen molar-refractivity contribution in [3.8, 4) is 0 Å². The topological polar surface area (TPSA) is 52.8 Å². The molecule has 0 saturated carbocycles. The zero-order chi connectivity index (χ0) is 13.6. The fourth-order valence-corrected chi connectivity index (χ4v) is 2.39. The van der Waals surface area contributed by atoms with Crippen LogP contribution in [0.2, 0.25) is 0 Å². The van der Waals surface area contributed by atoms with Gasteiger partial charge in [-0.15, -0.1) is 0 Å². The van der Waals surface area contributed by atoms with Crippen LogP contribution >= 0.6 is 0 Å². The number of rotatable bonds is 0. The van der Waals surface area contributed by atoms with Gasteiger partial charge in [0, 0.05) is 5.56 Å². The molecular weight excluding hydrogens is 247 g/mol. The molecule has 0 fully saturated rings. The van der Waals surface area contributed by atoms with Crippen molar-refractivity contribution in [1.82, 2.24) is 0 Å². The Labute approximate surface area is 102 Å². The molecule has 6 heteroatoms. The molecule has 0 bridgehead atoms. The van der Waals surface area contributed by atoms with Crippen LogP contribution in [0, 0.1) is 6.92 Å². The molecule has 1 atom stereocenters. The minimum absolute atomic E-state index is 0.121. The fraction of sp³-hybridized carbons (Fsp3) is 0.417. The first-order chi connectivity index (χ1) is 8.32. The number of nitrogens with zero attached hydrogens (tertiary/aromatic N) is 1. The highest BCUT2D eigenvalue weighted by Gasteiger charge is 2.60. The van der Waals surface area contributed by atoms with Crippen molar-refractivity contribution in [3.05, 3.63) is 34.9 Å². The van der Waals surface area contributed by atoms with E-state index in [9.17, 15) is 18.3 Å². The summed E-state index contributed by atoms with van der Waals surface area (Å²) in [7, 11) is 0. The summed E-state index contributed by atoms with van der Waals surface area (Å²) in [4.78, 5) is 0. The van der Waals surface area contributed by atoms with Crippen molar-refractivity contribution >= 4 is 5.71 Å². The van der Waals surface area contributed by atoms with E-state index in [1.807, 2.05) is 0 Å². The van der Waals surface area contributed by atoms with E-state index in [-0.39, 0.29) is 12.0 Å². The molecule has 18 heavy (non-hydrogen) atoms. The van der Waals surface area contributed by atoms with Gasteiger partial charge >= 0.3 is 6.18 Å². The molecule has 2 rings (SSSR count). The lowest BCUT2D eigenvalue weighted by molar-refractivity contribution is -0.237. The van der Waals surface area contributed by atoms with Crippen molar-refractivity contribution < 1.29 is 23.5 Å². The summed E-state index contributed by atoms with van der Waals surface area (Å²) in [5.74, 6) is 0. The average Bonchev–Trinajstić information content (AvgIpc) is 2.29. The van der Waals surface area contributed by atoms with Gasteiger partial charge in [0.25, 0.3) is 0 Å². The Bertz CT molecular complexity index is 511. The highest BCUT2D eigenvalue weighted by Crippen LogP contribution is 2.45. The molecular formula is C12H12F3NO2. The molecule has 3 nitrogen and oxygen atoms in total. The minimum atomic E-state index is -4.92. The van der Waals surface area contributed by atoms with Crippen LogP contribution in [0.15, 0.2) is 23.4 Å². The van der Waals surface area contributed by atoms with E-state index in [4.69, 9.17) is 5.21 Å². The van der Waals surface area contributed by atoms with E-state index in [1.165, 1.54) is 12.1 Å². The molecule has 0 radical (unpaired) electrons. The van der Waals surface area contributed by atoms with Gasteiger partial charge in [-0.05, 0) is 30.9 Å². The van der Waals surface area contributed by atoms with E-state index in [1.54, 1.807) is 13.0 Å². The van der Waals surface area contributed by atoms with Gasteiger partial charge in [0.05, 0.1) is 0 Å². The minimum Gasteiger partial charge on any atom is -0.411 e. The molecule has 0 aromatic heterocycles. The molecule has 1 unspecified atom stereocenters. The van der Waals surface area contributed by atoms with E-state index in [2.05, 4.69) is 5.16 Å². The Morgan fingerprint density at radius 2 is 1.94 bits per heavy atom. The lowest BCUT2D eigenvalue weighted by Crippen LogP contribution is -2.52. The second kappa shape index (κ2) is 3.98. The van der Waals surface area contributed by atoms with Crippen LogP contribution in [-0.2, 0) is 12.0 Å². The van der Waals surface area contributed by atoms with Crippen LogP contribution in [0.5, 0.6) is 0 Å². The summed E-state index contributed by atoms with van der Waals surface area (Å²) >= 11 is 0. The summed E-state index contributed by atoms with van der Waals surface area (Å²) in [6.07, 6.45) is -4.72. The van der Waals surface area contributed by atoms with Gasteiger partial charge in [-0.2, -0.15) is 13.2 Å². The molecule has 0 amide bonds. The first-order valence-corrected chi connectivity index (χ1v) is 5.42. The van der Waals surface area contributed by atoms with Crippen molar-refractivity contribution in [2.45, 2.75) is 31.5 Å². The smallest absolute Gasteiger partial charge is 0.411 e. The quantitative estimate of drug-likeness (QED) is 0.555. The molecule has 1 aliphatic rings. The van der Waals surface area contributed by atoms with E-state index < -0.39 is 17.5 Å². The third kappa shape index (κ3) is 1.59. The van der Waals surface area contributed by atoms with Crippen molar-refractivity contribution in [2.75, 3.05) is 0 Å². The van der Waals surface area contributed by atoms with Crippen LogP contribution in [0.25, 0.3) is 0 Å². The zero-order valence-corrected chi connectivity index (χ0v) is 9.62. The standard InChI is InChI=1S/C12H12F3NO2/c1-7-3-2-4-9-8(7)5-6-10(16-18)11(9,17)12(13,14)15/h2-4,17-18H,5-6H2,1H3. The summed E-state index contributed by atoms with van der Waals surface area (Å²) in [6.45, 7) is 1.69. The second-order valence-corrected chi connectivity index (χ2v) is 4.36. The normalized spacial score (nSPS) is 26.2. The summed E-state index contributed by atoms with van der Waals surface area (Å²) in [5, 5.41) is 21.4. The molecule has 1 aromatic carbocycles. The third-order valence-electron chi connectivity index (χ3n) is 3.36. The van der Waals surface area contributed by atoms with Gasteiger partial charge in [0.15, 0.2) is 0 Å². The molecule has 0 spiro atoms.